The highest BCUT2D eigenvalue weighted by Crippen LogP contribution is 2.24. The van der Waals surface area contributed by atoms with Gasteiger partial charge in [0.05, 0.1) is 12.3 Å². The summed E-state index contributed by atoms with van der Waals surface area (Å²) < 4.78 is 0. The van der Waals surface area contributed by atoms with Crippen LogP contribution in [0.1, 0.15) is 36.8 Å². The molecule has 4 heteroatoms. The fraction of sp³-hybridized carbons (Fsp3) is 0.500. The van der Waals surface area contributed by atoms with E-state index in [1.54, 1.807) is 0 Å². The Hall–Kier alpha value is -1.84. The first-order chi connectivity index (χ1) is 9.56. The van der Waals surface area contributed by atoms with Crippen LogP contribution in [0.3, 0.4) is 0 Å². The first-order valence-electron chi connectivity index (χ1n) is 7.13. The summed E-state index contributed by atoms with van der Waals surface area (Å²) in [5.41, 5.74) is 2.13. The SMILES string of the molecule is Cc1ccccc1CC(=O)NC1CCCC(C(=O)O)C1. The van der Waals surface area contributed by atoms with Crippen LogP contribution in [-0.4, -0.2) is 23.0 Å². The van der Waals surface area contributed by atoms with Gasteiger partial charge in [0.15, 0.2) is 0 Å². The number of aryl methyl sites for hydroxylation is 1. The van der Waals surface area contributed by atoms with E-state index in [1.807, 2.05) is 31.2 Å². The molecule has 0 aliphatic heterocycles. The molecular formula is C16H21NO3. The second-order valence-corrected chi connectivity index (χ2v) is 5.57. The van der Waals surface area contributed by atoms with E-state index in [0.717, 1.165) is 30.4 Å². The quantitative estimate of drug-likeness (QED) is 0.886. The van der Waals surface area contributed by atoms with E-state index in [1.165, 1.54) is 0 Å². The molecule has 1 aliphatic rings. The van der Waals surface area contributed by atoms with Crippen LogP contribution >= 0.6 is 0 Å². The largest absolute Gasteiger partial charge is 0.481 e. The number of aliphatic carboxylic acids is 1. The molecule has 1 aliphatic carbocycles. The Morgan fingerprint density at radius 3 is 2.75 bits per heavy atom. The van der Waals surface area contributed by atoms with Gasteiger partial charge in [-0.3, -0.25) is 9.59 Å². The molecule has 108 valence electrons. The minimum absolute atomic E-state index is 0.00127. The Labute approximate surface area is 119 Å². The van der Waals surface area contributed by atoms with Gasteiger partial charge in [-0.05, 0) is 37.3 Å². The molecule has 1 fully saturated rings. The Morgan fingerprint density at radius 2 is 2.05 bits per heavy atom. The summed E-state index contributed by atoms with van der Waals surface area (Å²) in [6, 6.07) is 7.83. The van der Waals surface area contributed by atoms with Crippen LogP contribution in [-0.2, 0) is 16.0 Å². The molecule has 1 amide bonds. The minimum Gasteiger partial charge on any atom is -0.481 e. The molecule has 0 radical (unpaired) electrons. The second kappa shape index (κ2) is 6.55. The van der Waals surface area contributed by atoms with E-state index in [-0.39, 0.29) is 17.9 Å². The van der Waals surface area contributed by atoms with Crippen LogP contribution in [0.4, 0.5) is 0 Å². The van der Waals surface area contributed by atoms with E-state index in [2.05, 4.69) is 5.32 Å². The van der Waals surface area contributed by atoms with E-state index in [0.29, 0.717) is 12.8 Å². The van der Waals surface area contributed by atoms with Crippen molar-refractivity contribution in [3.8, 4) is 0 Å². The summed E-state index contributed by atoms with van der Waals surface area (Å²) >= 11 is 0. The average Bonchev–Trinajstić information content (AvgIpc) is 2.41. The Bertz CT molecular complexity index is 498. The van der Waals surface area contributed by atoms with Crippen molar-refractivity contribution in [1.29, 1.82) is 0 Å². The van der Waals surface area contributed by atoms with Gasteiger partial charge in [-0.2, -0.15) is 0 Å². The molecular weight excluding hydrogens is 254 g/mol. The van der Waals surface area contributed by atoms with Crippen LogP contribution in [0.25, 0.3) is 0 Å². The fourth-order valence-electron chi connectivity index (χ4n) is 2.81. The molecule has 2 atom stereocenters. The van der Waals surface area contributed by atoms with Gasteiger partial charge in [0.25, 0.3) is 0 Å². The molecule has 4 nitrogen and oxygen atoms in total. The number of hydrogen-bond donors (Lipinski definition) is 2. The lowest BCUT2D eigenvalue weighted by molar-refractivity contribution is -0.143. The lowest BCUT2D eigenvalue weighted by Crippen LogP contribution is -2.40. The molecule has 20 heavy (non-hydrogen) atoms. The number of carbonyl (C=O) groups excluding carboxylic acids is 1. The zero-order valence-corrected chi connectivity index (χ0v) is 11.8. The first kappa shape index (κ1) is 14.6. The fourth-order valence-corrected chi connectivity index (χ4v) is 2.81. The molecule has 0 heterocycles. The van der Waals surface area contributed by atoms with Gasteiger partial charge in [-0.15, -0.1) is 0 Å². The highest BCUT2D eigenvalue weighted by molar-refractivity contribution is 5.79. The van der Waals surface area contributed by atoms with Crippen molar-refractivity contribution >= 4 is 11.9 Å². The summed E-state index contributed by atoms with van der Waals surface area (Å²) in [6.45, 7) is 1.99. The topological polar surface area (TPSA) is 66.4 Å². The van der Waals surface area contributed by atoms with Gasteiger partial charge in [0.1, 0.15) is 0 Å². The lowest BCUT2D eigenvalue weighted by atomic mass is 9.85. The lowest BCUT2D eigenvalue weighted by Gasteiger charge is -2.27. The third-order valence-electron chi connectivity index (χ3n) is 4.00. The maximum atomic E-state index is 12.1. The van der Waals surface area contributed by atoms with E-state index >= 15 is 0 Å². The third kappa shape index (κ3) is 3.83. The zero-order chi connectivity index (χ0) is 14.5. The summed E-state index contributed by atoms with van der Waals surface area (Å²) in [5.74, 6) is -1.08. The van der Waals surface area contributed by atoms with Crippen LogP contribution in [0.5, 0.6) is 0 Å². The molecule has 1 aromatic rings. The summed E-state index contributed by atoms with van der Waals surface area (Å²) in [7, 11) is 0. The average molecular weight is 275 g/mol. The number of nitrogens with one attached hydrogen (secondary N) is 1. The second-order valence-electron chi connectivity index (χ2n) is 5.57. The van der Waals surface area contributed by atoms with Crippen LogP contribution in [0.2, 0.25) is 0 Å². The standard InChI is InChI=1S/C16H21NO3/c1-11-5-2-3-6-12(11)10-15(18)17-14-8-4-7-13(9-14)16(19)20/h2-3,5-6,13-14H,4,7-10H2,1H3,(H,17,18)(H,19,20). The van der Waals surface area contributed by atoms with Gasteiger partial charge in [-0.1, -0.05) is 30.7 Å². The van der Waals surface area contributed by atoms with Gasteiger partial charge in [0, 0.05) is 6.04 Å². The monoisotopic (exact) mass is 275 g/mol. The Balaban J connectivity index is 1.88. The van der Waals surface area contributed by atoms with Gasteiger partial charge >= 0.3 is 5.97 Å². The van der Waals surface area contributed by atoms with E-state index in [9.17, 15) is 9.59 Å². The van der Waals surface area contributed by atoms with Crippen LogP contribution < -0.4 is 5.32 Å². The van der Waals surface area contributed by atoms with Crippen molar-refractivity contribution in [2.45, 2.75) is 45.1 Å². The van der Waals surface area contributed by atoms with Crippen molar-refractivity contribution in [2.75, 3.05) is 0 Å². The number of carboxylic acid groups (broad SMARTS) is 1. The molecule has 2 rings (SSSR count). The number of amides is 1. The number of benzene rings is 1. The summed E-state index contributed by atoms with van der Waals surface area (Å²) in [6.07, 6.45) is 3.38. The number of carboxylic acids is 1. The summed E-state index contributed by atoms with van der Waals surface area (Å²) in [5, 5.41) is 12.0. The van der Waals surface area contributed by atoms with Crippen molar-refractivity contribution in [2.24, 2.45) is 5.92 Å². The maximum absolute atomic E-state index is 12.1. The van der Waals surface area contributed by atoms with Crippen molar-refractivity contribution in [3.05, 3.63) is 35.4 Å². The van der Waals surface area contributed by atoms with E-state index in [4.69, 9.17) is 5.11 Å². The molecule has 2 N–H and O–H groups in total. The molecule has 0 spiro atoms. The van der Waals surface area contributed by atoms with E-state index < -0.39 is 5.97 Å². The van der Waals surface area contributed by atoms with Crippen LogP contribution in [0, 0.1) is 12.8 Å². The predicted molar refractivity (Wildman–Crippen MR) is 76.4 cm³/mol. The number of carbonyl (C=O) groups is 2. The Kier molecular flexibility index (Phi) is 4.77. The van der Waals surface area contributed by atoms with Gasteiger partial charge in [0.2, 0.25) is 5.91 Å². The number of rotatable bonds is 4. The molecule has 0 aromatic heterocycles. The Morgan fingerprint density at radius 1 is 1.30 bits per heavy atom. The van der Waals surface area contributed by atoms with Gasteiger partial charge < -0.3 is 10.4 Å². The highest BCUT2D eigenvalue weighted by Gasteiger charge is 2.27. The highest BCUT2D eigenvalue weighted by atomic mass is 16.4. The maximum Gasteiger partial charge on any atom is 0.306 e. The molecule has 0 bridgehead atoms. The summed E-state index contributed by atoms with van der Waals surface area (Å²) in [4.78, 5) is 23.1. The molecule has 1 saturated carbocycles. The number of hydrogen-bond acceptors (Lipinski definition) is 2. The van der Waals surface area contributed by atoms with Crippen LogP contribution in [0.15, 0.2) is 24.3 Å². The first-order valence-corrected chi connectivity index (χ1v) is 7.13. The normalized spacial score (nSPS) is 22.2. The van der Waals surface area contributed by atoms with Gasteiger partial charge in [-0.25, -0.2) is 0 Å². The van der Waals surface area contributed by atoms with Crippen molar-refractivity contribution in [3.63, 3.8) is 0 Å². The zero-order valence-electron chi connectivity index (χ0n) is 11.8. The third-order valence-corrected chi connectivity index (χ3v) is 4.00. The molecule has 1 aromatic carbocycles. The predicted octanol–water partition coefficient (Wildman–Crippen LogP) is 2.30. The van der Waals surface area contributed by atoms with Crippen molar-refractivity contribution in [1.82, 2.24) is 5.32 Å². The van der Waals surface area contributed by atoms with Crippen molar-refractivity contribution < 1.29 is 14.7 Å². The molecule has 2 unspecified atom stereocenters. The minimum atomic E-state index is -0.747. The molecule has 0 saturated heterocycles. The smallest absolute Gasteiger partial charge is 0.306 e.